The molecule has 2 aromatic rings. The van der Waals surface area contributed by atoms with Crippen LogP contribution in [0.1, 0.15) is 13.3 Å². The molecule has 0 aliphatic carbocycles. The first-order valence-corrected chi connectivity index (χ1v) is 9.65. The molecule has 0 radical (unpaired) electrons. The first-order chi connectivity index (χ1) is 13.5. The molecule has 2 amide bonds. The Hall–Kier alpha value is -2.87. The monoisotopic (exact) mass is 401 g/mol. The molecule has 1 fully saturated rings. The highest BCUT2D eigenvalue weighted by molar-refractivity contribution is 8.15. The fourth-order valence-corrected chi connectivity index (χ4v) is 3.93. The molecule has 146 valence electrons. The third-order valence-corrected chi connectivity index (χ3v) is 5.33. The van der Waals surface area contributed by atoms with Gasteiger partial charge >= 0.3 is 0 Å². The van der Waals surface area contributed by atoms with Crippen molar-refractivity contribution in [3.63, 3.8) is 0 Å². The van der Waals surface area contributed by atoms with Crippen molar-refractivity contribution in [2.45, 2.75) is 18.6 Å². The van der Waals surface area contributed by atoms with Crippen molar-refractivity contribution in [2.75, 3.05) is 19.0 Å². The number of anilines is 1. The molecule has 1 heterocycles. The van der Waals surface area contributed by atoms with Crippen molar-refractivity contribution < 1.29 is 18.7 Å². The number of nitrogens with one attached hydrogen (secondary N) is 1. The van der Waals surface area contributed by atoms with Crippen molar-refractivity contribution in [3.05, 3.63) is 54.3 Å². The van der Waals surface area contributed by atoms with Gasteiger partial charge in [0.15, 0.2) is 5.17 Å². The quantitative estimate of drug-likeness (QED) is 0.827. The van der Waals surface area contributed by atoms with Crippen LogP contribution in [0.5, 0.6) is 5.75 Å². The highest BCUT2D eigenvalue weighted by atomic mass is 32.2. The Balaban J connectivity index is 1.83. The van der Waals surface area contributed by atoms with E-state index < -0.39 is 11.1 Å². The minimum atomic E-state index is -0.646. The maximum atomic E-state index is 13.5. The highest BCUT2D eigenvalue weighted by Crippen LogP contribution is 2.31. The number of methoxy groups -OCH3 is 1. The summed E-state index contributed by atoms with van der Waals surface area (Å²) in [5.41, 5.74) is 0.920. The Morgan fingerprint density at radius 1 is 1.32 bits per heavy atom. The molecule has 2 aromatic carbocycles. The molecule has 0 spiro atoms. The van der Waals surface area contributed by atoms with E-state index in [9.17, 15) is 14.0 Å². The van der Waals surface area contributed by atoms with E-state index in [1.54, 1.807) is 36.4 Å². The van der Waals surface area contributed by atoms with Gasteiger partial charge in [0.25, 0.3) is 0 Å². The Morgan fingerprint density at radius 3 is 2.82 bits per heavy atom. The molecule has 1 atom stereocenters. The number of benzene rings is 2. The van der Waals surface area contributed by atoms with E-state index in [4.69, 9.17) is 4.74 Å². The second kappa shape index (κ2) is 8.88. The van der Waals surface area contributed by atoms with Crippen LogP contribution in [0.15, 0.2) is 53.5 Å². The van der Waals surface area contributed by atoms with E-state index in [-0.39, 0.29) is 18.2 Å². The van der Waals surface area contributed by atoms with Gasteiger partial charge in [0, 0.05) is 13.0 Å². The predicted molar refractivity (Wildman–Crippen MR) is 109 cm³/mol. The number of amidine groups is 1. The summed E-state index contributed by atoms with van der Waals surface area (Å²) in [6, 6.07) is 12.9. The lowest BCUT2D eigenvalue weighted by atomic mass is 10.2. The Labute approximate surface area is 166 Å². The zero-order chi connectivity index (χ0) is 20.1. The zero-order valence-electron chi connectivity index (χ0n) is 15.5. The molecule has 1 N–H and O–H groups in total. The molecule has 0 saturated carbocycles. The Bertz CT molecular complexity index is 919. The number of amides is 2. The Kier molecular flexibility index (Phi) is 6.30. The number of halogens is 1. The fraction of sp³-hybridized carbons (Fsp3) is 0.250. The van der Waals surface area contributed by atoms with E-state index in [0.29, 0.717) is 28.8 Å². The molecular formula is C20H20FN3O3S. The number of hydrogen-bond donors (Lipinski definition) is 1. The summed E-state index contributed by atoms with van der Waals surface area (Å²) in [4.78, 5) is 31.2. The molecule has 3 rings (SSSR count). The van der Waals surface area contributed by atoms with Crippen molar-refractivity contribution in [2.24, 2.45) is 4.99 Å². The molecular weight excluding hydrogens is 381 g/mol. The van der Waals surface area contributed by atoms with Gasteiger partial charge < -0.3 is 10.1 Å². The number of carbonyl (C=O) groups excluding carboxylic acids is 2. The molecule has 1 aliphatic heterocycles. The van der Waals surface area contributed by atoms with Gasteiger partial charge in [0.2, 0.25) is 11.8 Å². The first kappa shape index (κ1) is 19.9. The number of aliphatic imine (C=N–C) groups is 1. The topological polar surface area (TPSA) is 71.0 Å². The number of hydrogen-bond acceptors (Lipinski definition) is 5. The van der Waals surface area contributed by atoms with Gasteiger partial charge in [-0.2, -0.15) is 0 Å². The number of rotatable bonds is 5. The van der Waals surface area contributed by atoms with E-state index in [0.717, 1.165) is 0 Å². The first-order valence-electron chi connectivity index (χ1n) is 8.77. The van der Waals surface area contributed by atoms with Gasteiger partial charge in [0.05, 0.1) is 18.5 Å². The molecule has 6 nitrogen and oxygen atoms in total. The second-order valence-corrected chi connectivity index (χ2v) is 7.18. The standard InChI is InChI=1S/C20H20FN3O3S/c1-3-24-18(25)12-17(19(26)23-15-9-4-5-10-16(15)27-2)28-20(24)22-14-8-6-7-13(21)11-14/h4-11,17H,3,12H2,1-2H3,(H,23,26). The summed E-state index contributed by atoms with van der Waals surface area (Å²) in [7, 11) is 1.52. The molecule has 1 unspecified atom stereocenters. The largest absolute Gasteiger partial charge is 0.495 e. The Morgan fingerprint density at radius 2 is 2.11 bits per heavy atom. The summed E-state index contributed by atoms with van der Waals surface area (Å²) in [6.07, 6.45) is 0.0572. The SMILES string of the molecule is CCN1C(=O)CC(C(=O)Nc2ccccc2OC)SC1=Nc1cccc(F)c1. The summed E-state index contributed by atoms with van der Waals surface area (Å²) in [5, 5.41) is 2.54. The zero-order valence-corrected chi connectivity index (χ0v) is 16.3. The van der Waals surface area contributed by atoms with E-state index >= 15 is 0 Å². The lowest BCUT2D eigenvalue weighted by molar-refractivity contribution is -0.129. The minimum absolute atomic E-state index is 0.0572. The second-order valence-electron chi connectivity index (χ2n) is 6.01. The minimum Gasteiger partial charge on any atom is -0.495 e. The molecule has 28 heavy (non-hydrogen) atoms. The average Bonchev–Trinajstić information content (AvgIpc) is 2.68. The van der Waals surface area contributed by atoms with Crippen LogP contribution in [0.4, 0.5) is 15.8 Å². The third-order valence-electron chi connectivity index (χ3n) is 4.15. The number of thioether (sulfide) groups is 1. The van der Waals surface area contributed by atoms with E-state index in [1.807, 2.05) is 6.92 Å². The van der Waals surface area contributed by atoms with Crippen LogP contribution >= 0.6 is 11.8 Å². The van der Waals surface area contributed by atoms with Crippen LogP contribution in [0, 0.1) is 5.82 Å². The van der Waals surface area contributed by atoms with Crippen LogP contribution in [0.25, 0.3) is 0 Å². The van der Waals surface area contributed by atoms with Gasteiger partial charge in [-0.25, -0.2) is 9.38 Å². The number of nitrogens with zero attached hydrogens (tertiary/aromatic N) is 2. The normalized spacial score (nSPS) is 18.2. The van der Waals surface area contributed by atoms with Crippen molar-refractivity contribution >= 4 is 40.1 Å². The number of ether oxygens (including phenoxy) is 1. The smallest absolute Gasteiger partial charge is 0.238 e. The average molecular weight is 401 g/mol. The van der Waals surface area contributed by atoms with Gasteiger partial charge in [-0.05, 0) is 37.3 Å². The van der Waals surface area contributed by atoms with Gasteiger partial charge in [-0.15, -0.1) is 0 Å². The number of para-hydroxylation sites is 2. The number of carbonyl (C=O) groups is 2. The van der Waals surface area contributed by atoms with Crippen LogP contribution in [0.2, 0.25) is 0 Å². The molecule has 0 bridgehead atoms. The molecule has 0 aromatic heterocycles. The molecule has 8 heteroatoms. The van der Waals surface area contributed by atoms with E-state index in [1.165, 1.54) is 35.9 Å². The maximum absolute atomic E-state index is 13.5. The van der Waals surface area contributed by atoms with Gasteiger partial charge in [0.1, 0.15) is 16.8 Å². The summed E-state index contributed by atoms with van der Waals surface area (Å²) >= 11 is 1.19. The lowest BCUT2D eigenvalue weighted by Gasteiger charge is -2.31. The summed E-state index contributed by atoms with van der Waals surface area (Å²) in [5.74, 6) is -0.392. The fourth-order valence-electron chi connectivity index (χ4n) is 2.77. The predicted octanol–water partition coefficient (Wildman–Crippen LogP) is 3.81. The highest BCUT2D eigenvalue weighted by Gasteiger charge is 2.35. The van der Waals surface area contributed by atoms with Crippen molar-refractivity contribution in [1.29, 1.82) is 0 Å². The van der Waals surface area contributed by atoms with Crippen molar-refractivity contribution in [3.8, 4) is 5.75 Å². The van der Waals surface area contributed by atoms with Crippen LogP contribution < -0.4 is 10.1 Å². The third kappa shape index (κ3) is 4.51. The van der Waals surface area contributed by atoms with Crippen LogP contribution in [0.3, 0.4) is 0 Å². The lowest BCUT2D eigenvalue weighted by Crippen LogP contribution is -2.45. The van der Waals surface area contributed by atoms with Crippen LogP contribution in [-0.2, 0) is 9.59 Å². The van der Waals surface area contributed by atoms with Crippen LogP contribution in [-0.4, -0.2) is 40.8 Å². The summed E-state index contributed by atoms with van der Waals surface area (Å²) < 4.78 is 18.7. The van der Waals surface area contributed by atoms with Crippen molar-refractivity contribution in [1.82, 2.24) is 4.90 Å². The van der Waals surface area contributed by atoms with Gasteiger partial charge in [-0.3, -0.25) is 14.5 Å². The molecule has 1 saturated heterocycles. The maximum Gasteiger partial charge on any atom is 0.238 e. The molecule has 1 aliphatic rings. The summed E-state index contributed by atoms with van der Waals surface area (Å²) in [6.45, 7) is 2.25. The van der Waals surface area contributed by atoms with E-state index in [2.05, 4.69) is 10.3 Å². The van der Waals surface area contributed by atoms with Gasteiger partial charge in [-0.1, -0.05) is 30.0 Å².